The van der Waals surface area contributed by atoms with E-state index in [0.29, 0.717) is 5.41 Å². The van der Waals surface area contributed by atoms with Crippen LogP contribution >= 0.6 is 24.0 Å². The number of rotatable bonds is 2. The topological polar surface area (TPSA) is 15.3 Å². The Kier molecular flexibility index (Phi) is 5.30. The second kappa shape index (κ2) is 6.61. The number of nitrogens with zero attached hydrogens (tertiary/aromatic N) is 1. The summed E-state index contributed by atoms with van der Waals surface area (Å²) in [5, 5.41) is 3.64. The summed E-state index contributed by atoms with van der Waals surface area (Å²) in [4.78, 5) is 2.45. The maximum absolute atomic E-state index is 13.4. The molecule has 0 aromatic heterocycles. The predicted molar refractivity (Wildman–Crippen MR) is 83.1 cm³/mol. The van der Waals surface area contributed by atoms with Crippen molar-refractivity contribution in [2.24, 2.45) is 5.41 Å². The molecule has 1 N–H and O–H groups in total. The number of halogens is 3. The fourth-order valence-corrected chi connectivity index (χ4v) is 3.54. The SMILES string of the molecule is Cl.Fc1cc(CN2CCC3(CCNCC3)C2)ccc1Cl. The van der Waals surface area contributed by atoms with Gasteiger partial charge in [0.05, 0.1) is 5.02 Å². The van der Waals surface area contributed by atoms with Gasteiger partial charge in [-0.05, 0) is 62.0 Å². The molecule has 1 aromatic rings. The molecule has 112 valence electrons. The Balaban J connectivity index is 0.00000147. The zero-order chi connectivity index (χ0) is 13.3. The molecule has 2 fully saturated rings. The molecule has 5 heteroatoms. The lowest BCUT2D eigenvalue weighted by molar-refractivity contribution is 0.194. The first-order valence-corrected chi connectivity index (χ1v) is 7.42. The number of hydrogen-bond acceptors (Lipinski definition) is 2. The highest BCUT2D eigenvalue weighted by atomic mass is 35.5. The summed E-state index contributed by atoms with van der Waals surface area (Å²) >= 11 is 5.72. The first kappa shape index (κ1) is 16.0. The van der Waals surface area contributed by atoms with Gasteiger partial charge in [-0.3, -0.25) is 4.90 Å². The number of likely N-dealkylation sites (tertiary alicyclic amines) is 1. The van der Waals surface area contributed by atoms with Crippen LogP contribution in [0, 0.1) is 11.2 Å². The Bertz CT molecular complexity index is 461. The molecule has 0 aliphatic carbocycles. The fraction of sp³-hybridized carbons (Fsp3) is 0.600. The molecule has 0 amide bonds. The standard InChI is InChI=1S/C15H20ClFN2.ClH/c16-13-2-1-12(9-14(13)17)10-19-8-5-15(11-19)3-6-18-7-4-15;/h1-2,9,18H,3-8,10-11H2;1H. The lowest BCUT2D eigenvalue weighted by Crippen LogP contribution is -2.38. The van der Waals surface area contributed by atoms with Gasteiger partial charge < -0.3 is 5.32 Å². The van der Waals surface area contributed by atoms with Crippen molar-refractivity contribution in [3.05, 3.63) is 34.6 Å². The van der Waals surface area contributed by atoms with E-state index in [4.69, 9.17) is 11.6 Å². The zero-order valence-electron chi connectivity index (χ0n) is 11.5. The lowest BCUT2D eigenvalue weighted by Gasteiger charge is -2.33. The van der Waals surface area contributed by atoms with Crippen LogP contribution in [-0.2, 0) is 6.54 Å². The molecule has 20 heavy (non-hydrogen) atoms. The van der Waals surface area contributed by atoms with Crippen molar-refractivity contribution in [2.75, 3.05) is 26.2 Å². The molecular formula is C15H21Cl2FN2. The molecule has 1 spiro atoms. The quantitative estimate of drug-likeness (QED) is 0.898. The van der Waals surface area contributed by atoms with Crippen LogP contribution in [0.25, 0.3) is 0 Å². The molecule has 0 radical (unpaired) electrons. The van der Waals surface area contributed by atoms with Gasteiger partial charge in [0.15, 0.2) is 0 Å². The van der Waals surface area contributed by atoms with Crippen molar-refractivity contribution in [2.45, 2.75) is 25.8 Å². The molecular weight excluding hydrogens is 298 g/mol. The highest BCUT2D eigenvalue weighted by molar-refractivity contribution is 6.30. The van der Waals surface area contributed by atoms with E-state index in [9.17, 15) is 4.39 Å². The first-order valence-electron chi connectivity index (χ1n) is 7.04. The van der Waals surface area contributed by atoms with Crippen LogP contribution in [0.15, 0.2) is 18.2 Å². The molecule has 0 atom stereocenters. The van der Waals surface area contributed by atoms with Crippen LogP contribution in [0.4, 0.5) is 4.39 Å². The maximum atomic E-state index is 13.4. The number of hydrogen-bond donors (Lipinski definition) is 1. The van der Waals surface area contributed by atoms with Gasteiger partial charge in [0.1, 0.15) is 5.82 Å². The van der Waals surface area contributed by atoms with Crippen LogP contribution in [0.1, 0.15) is 24.8 Å². The van der Waals surface area contributed by atoms with Crippen LogP contribution in [-0.4, -0.2) is 31.1 Å². The summed E-state index contributed by atoms with van der Waals surface area (Å²) in [5.41, 5.74) is 1.53. The molecule has 2 aliphatic heterocycles. The van der Waals surface area contributed by atoms with E-state index < -0.39 is 0 Å². The normalized spacial score (nSPS) is 21.9. The van der Waals surface area contributed by atoms with Crippen molar-refractivity contribution in [3.8, 4) is 0 Å². The number of piperidine rings is 1. The largest absolute Gasteiger partial charge is 0.317 e. The van der Waals surface area contributed by atoms with Crippen LogP contribution in [0.2, 0.25) is 5.02 Å². The Labute approximate surface area is 131 Å². The molecule has 0 saturated carbocycles. The smallest absolute Gasteiger partial charge is 0.142 e. The van der Waals surface area contributed by atoms with Crippen LogP contribution in [0.3, 0.4) is 0 Å². The zero-order valence-corrected chi connectivity index (χ0v) is 13.1. The highest BCUT2D eigenvalue weighted by Crippen LogP contribution is 2.39. The first-order chi connectivity index (χ1) is 9.17. The van der Waals surface area contributed by atoms with Gasteiger partial charge in [-0.15, -0.1) is 12.4 Å². The maximum Gasteiger partial charge on any atom is 0.142 e. The summed E-state index contributed by atoms with van der Waals surface area (Å²) in [6.07, 6.45) is 3.84. The second-order valence-corrected chi connectivity index (χ2v) is 6.37. The van der Waals surface area contributed by atoms with Crippen molar-refractivity contribution >= 4 is 24.0 Å². The average Bonchev–Trinajstić information content (AvgIpc) is 2.78. The summed E-state index contributed by atoms with van der Waals surface area (Å²) < 4.78 is 13.4. The van der Waals surface area contributed by atoms with Gasteiger partial charge in [0.2, 0.25) is 0 Å². The van der Waals surface area contributed by atoms with E-state index in [1.807, 2.05) is 6.07 Å². The monoisotopic (exact) mass is 318 g/mol. The molecule has 1 aromatic carbocycles. The van der Waals surface area contributed by atoms with E-state index in [0.717, 1.165) is 38.3 Å². The molecule has 3 rings (SSSR count). The Hall–Kier alpha value is -0.350. The minimum Gasteiger partial charge on any atom is -0.317 e. The Morgan fingerprint density at radius 3 is 2.70 bits per heavy atom. The Morgan fingerprint density at radius 1 is 1.25 bits per heavy atom. The summed E-state index contributed by atoms with van der Waals surface area (Å²) in [5.74, 6) is -0.310. The number of nitrogens with one attached hydrogen (secondary N) is 1. The van der Waals surface area contributed by atoms with Gasteiger partial charge >= 0.3 is 0 Å². The molecule has 2 heterocycles. The van der Waals surface area contributed by atoms with E-state index in [1.54, 1.807) is 12.1 Å². The lowest BCUT2D eigenvalue weighted by atomic mass is 9.78. The van der Waals surface area contributed by atoms with Gasteiger partial charge in [0.25, 0.3) is 0 Å². The minimum absolute atomic E-state index is 0. The number of benzene rings is 1. The molecule has 0 bridgehead atoms. The van der Waals surface area contributed by atoms with Crippen molar-refractivity contribution in [1.29, 1.82) is 0 Å². The summed E-state index contributed by atoms with van der Waals surface area (Å²) in [7, 11) is 0. The summed E-state index contributed by atoms with van der Waals surface area (Å²) in [6.45, 7) is 5.40. The van der Waals surface area contributed by atoms with E-state index >= 15 is 0 Å². The van der Waals surface area contributed by atoms with Crippen LogP contribution < -0.4 is 5.32 Å². The highest BCUT2D eigenvalue weighted by Gasteiger charge is 2.38. The average molecular weight is 319 g/mol. The van der Waals surface area contributed by atoms with E-state index in [-0.39, 0.29) is 23.2 Å². The van der Waals surface area contributed by atoms with E-state index in [2.05, 4.69) is 10.2 Å². The van der Waals surface area contributed by atoms with Gasteiger partial charge in [-0.2, -0.15) is 0 Å². The van der Waals surface area contributed by atoms with Crippen molar-refractivity contribution in [3.63, 3.8) is 0 Å². The molecule has 0 unspecified atom stereocenters. The van der Waals surface area contributed by atoms with Crippen molar-refractivity contribution < 1.29 is 4.39 Å². The van der Waals surface area contributed by atoms with Crippen molar-refractivity contribution in [1.82, 2.24) is 10.2 Å². The molecule has 2 nitrogen and oxygen atoms in total. The molecule has 2 aliphatic rings. The summed E-state index contributed by atoms with van der Waals surface area (Å²) in [6, 6.07) is 5.15. The van der Waals surface area contributed by atoms with E-state index in [1.165, 1.54) is 19.3 Å². The Morgan fingerprint density at radius 2 is 2.00 bits per heavy atom. The molecule has 2 saturated heterocycles. The third-order valence-corrected chi connectivity index (χ3v) is 4.88. The fourth-order valence-electron chi connectivity index (χ4n) is 3.42. The second-order valence-electron chi connectivity index (χ2n) is 5.96. The minimum atomic E-state index is -0.310. The van der Waals surface area contributed by atoms with Crippen LogP contribution in [0.5, 0.6) is 0 Å². The predicted octanol–water partition coefficient (Wildman–Crippen LogP) is 3.48. The van der Waals surface area contributed by atoms with Gasteiger partial charge in [-0.1, -0.05) is 17.7 Å². The third kappa shape index (κ3) is 3.45. The third-order valence-electron chi connectivity index (χ3n) is 4.57. The van der Waals surface area contributed by atoms with Gasteiger partial charge in [-0.25, -0.2) is 4.39 Å². The van der Waals surface area contributed by atoms with Gasteiger partial charge in [0, 0.05) is 13.1 Å².